The van der Waals surface area contributed by atoms with Gasteiger partial charge in [-0.1, -0.05) is 5.16 Å². The Labute approximate surface area is 116 Å². The third kappa shape index (κ3) is 3.81. The van der Waals surface area contributed by atoms with E-state index in [0.29, 0.717) is 5.82 Å². The molecule has 0 spiro atoms. The topological polar surface area (TPSA) is 125 Å². The van der Waals surface area contributed by atoms with Crippen molar-refractivity contribution in [1.82, 2.24) is 20.1 Å². The van der Waals surface area contributed by atoms with Gasteiger partial charge in [0.15, 0.2) is 0 Å². The van der Waals surface area contributed by atoms with Crippen LogP contribution in [0, 0.1) is 6.92 Å². The Morgan fingerprint density at radius 2 is 1.95 bits per heavy atom. The molecule has 2 rings (SSSR count). The lowest BCUT2D eigenvalue weighted by Crippen LogP contribution is -2.16. The minimum atomic E-state index is -3.07. The zero-order chi connectivity index (χ0) is 14.8. The van der Waals surface area contributed by atoms with Gasteiger partial charge in [-0.05, 0) is 18.9 Å². The molecule has 9 heteroatoms. The van der Waals surface area contributed by atoms with Gasteiger partial charge in [0.1, 0.15) is 9.84 Å². The van der Waals surface area contributed by atoms with Gasteiger partial charge in [-0.2, -0.15) is 4.98 Å². The Kier molecular flexibility index (Phi) is 4.09. The van der Waals surface area contributed by atoms with Gasteiger partial charge < -0.3 is 10.3 Å². The standard InChI is InChI=1S/C11H15N5O3S/c1-7-5-13-9(14-6-7)10-15-11(19-16-10)8(12)3-4-20(2,17)18/h5-6,8H,3-4,12H2,1-2H3. The van der Waals surface area contributed by atoms with Crippen LogP contribution in [0.25, 0.3) is 11.6 Å². The van der Waals surface area contributed by atoms with Crippen LogP contribution < -0.4 is 5.73 Å². The van der Waals surface area contributed by atoms with Crippen molar-refractivity contribution >= 4 is 9.84 Å². The normalized spacial score (nSPS) is 13.3. The molecule has 1 unspecified atom stereocenters. The zero-order valence-corrected chi connectivity index (χ0v) is 12.0. The van der Waals surface area contributed by atoms with E-state index < -0.39 is 15.9 Å². The Morgan fingerprint density at radius 1 is 1.30 bits per heavy atom. The Balaban J connectivity index is 2.10. The number of aromatic nitrogens is 4. The molecule has 2 heterocycles. The number of rotatable bonds is 5. The largest absolute Gasteiger partial charge is 0.337 e. The van der Waals surface area contributed by atoms with Crippen LogP contribution in [0.15, 0.2) is 16.9 Å². The fourth-order valence-electron chi connectivity index (χ4n) is 1.45. The van der Waals surface area contributed by atoms with Crippen molar-refractivity contribution < 1.29 is 12.9 Å². The minimum Gasteiger partial charge on any atom is -0.337 e. The first-order valence-electron chi connectivity index (χ1n) is 5.91. The van der Waals surface area contributed by atoms with Gasteiger partial charge in [-0.3, -0.25) is 0 Å². The van der Waals surface area contributed by atoms with Crippen LogP contribution >= 0.6 is 0 Å². The second-order valence-electron chi connectivity index (χ2n) is 4.57. The predicted molar refractivity (Wildman–Crippen MR) is 71.3 cm³/mol. The monoisotopic (exact) mass is 297 g/mol. The molecule has 0 aliphatic heterocycles. The van der Waals surface area contributed by atoms with E-state index in [2.05, 4.69) is 20.1 Å². The highest BCUT2D eigenvalue weighted by Crippen LogP contribution is 2.16. The third-order valence-electron chi connectivity index (χ3n) is 2.54. The second kappa shape index (κ2) is 5.63. The molecule has 20 heavy (non-hydrogen) atoms. The molecule has 0 aromatic carbocycles. The van der Waals surface area contributed by atoms with E-state index in [4.69, 9.17) is 10.3 Å². The van der Waals surface area contributed by atoms with E-state index in [1.807, 2.05) is 6.92 Å². The maximum Gasteiger partial charge on any atom is 0.244 e. The highest BCUT2D eigenvalue weighted by atomic mass is 32.2. The number of nitrogens with two attached hydrogens (primary N) is 1. The molecule has 0 fully saturated rings. The molecular formula is C11H15N5O3S. The maximum absolute atomic E-state index is 11.1. The zero-order valence-electron chi connectivity index (χ0n) is 11.1. The minimum absolute atomic E-state index is 0.0348. The molecule has 108 valence electrons. The first-order valence-corrected chi connectivity index (χ1v) is 7.97. The number of aryl methyl sites for hydroxylation is 1. The van der Waals surface area contributed by atoms with Crippen LogP contribution in [-0.4, -0.2) is 40.5 Å². The lowest BCUT2D eigenvalue weighted by atomic mass is 10.2. The summed E-state index contributed by atoms with van der Waals surface area (Å²) >= 11 is 0. The van der Waals surface area contributed by atoms with Crippen LogP contribution in [0.3, 0.4) is 0 Å². The average molecular weight is 297 g/mol. The van der Waals surface area contributed by atoms with Crippen LogP contribution in [0.5, 0.6) is 0 Å². The van der Waals surface area contributed by atoms with Gasteiger partial charge in [-0.25, -0.2) is 18.4 Å². The Morgan fingerprint density at radius 3 is 2.55 bits per heavy atom. The summed E-state index contributed by atoms with van der Waals surface area (Å²) < 4.78 is 27.2. The van der Waals surface area contributed by atoms with E-state index in [1.54, 1.807) is 12.4 Å². The molecule has 2 aromatic heterocycles. The summed E-state index contributed by atoms with van der Waals surface area (Å²) in [5.74, 6) is 0.705. The molecular weight excluding hydrogens is 282 g/mol. The molecule has 8 nitrogen and oxygen atoms in total. The molecule has 2 aromatic rings. The summed E-state index contributed by atoms with van der Waals surface area (Å²) in [5.41, 5.74) is 6.74. The molecule has 0 amide bonds. The van der Waals surface area contributed by atoms with Crippen molar-refractivity contribution in [3.63, 3.8) is 0 Å². The van der Waals surface area contributed by atoms with Crippen LogP contribution in [0.2, 0.25) is 0 Å². The highest BCUT2D eigenvalue weighted by Gasteiger charge is 2.18. The molecule has 0 saturated heterocycles. The number of hydrogen-bond donors (Lipinski definition) is 1. The first kappa shape index (κ1) is 14.5. The second-order valence-corrected chi connectivity index (χ2v) is 6.83. The summed E-state index contributed by atoms with van der Waals surface area (Å²) in [4.78, 5) is 12.2. The van der Waals surface area contributed by atoms with E-state index in [1.165, 1.54) is 0 Å². The van der Waals surface area contributed by atoms with Crippen molar-refractivity contribution in [1.29, 1.82) is 0 Å². The quantitative estimate of drug-likeness (QED) is 0.833. The third-order valence-corrected chi connectivity index (χ3v) is 3.52. The van der Waals surface area contributed by atoms with E-state index >= 15 is 0 Å². The number of nitrogens with zero attached hydrogens (tertiary/aromatic N) is 4. The molecule has 2 N–H and O–H groups in total. The number of sulfone groups is 1. The summed E-state index contributed by atoms with van der Waals surface area (Å²) in [7, 11) is -3.07. The molecule has 0 saturated carbocycles. The van der Waals surface area contributed by atoms with Gasteiger partial charge in [-0.15, -0.1) is 0 Å². The average Bonchev–Trinajstić information content (AvgIpc) is 2.85. The van der Waals surface area contributed by atoms with Crippen molar-refractivity contribution in [2.24, 2.45) is 5.73 Å². The van der Waals surface area contributed by atoms with Gasteiger partial charge >= 0.3 is 0 Å². The van der Waals surface area contributed by atoms with Gasteiger partial charge in [0.25, 0.3) is 0 Å². The molecule has 0 bridgehead atoms. The predicted octanol–water partition coefficient (Wildman–Crippen LogP) is 0.270. The fraction of sp³-hybridized carbons (Fsp3) is 0.455. The van der Waals surface area contributed by atoms with Crippen LogP contribution in [0.4, 0.5) is 0 Å². The summed E-state index contributed by atoms with van der Waals surface area (Å²) in [6.45, 7) is 1.87. The summed E-state index contributed by atoms with van der Waals surface area (Å²) in [6, 6.07) is -0.628. The molecule has 0 radical (unpaired) electrons. The molecule has 1 atom stereocenters. The summed E-state index contributed by atoms with van der Waals surface area (Å²) in [6.07, 6.45) is 4.65. The maximum atomic E-state index is 11.1. The van der Waals surface area contributed by atoms with Crippen molar-refractivity contribution in [3.05, 3.63) is 23.8 Å². The fourth-order valence-corrected chi connectivity index (χ4v) is 2.13. The van der Waals surface area contributed by atoms with Crippen molar-refractivity contribution in [2.45, 2.75) is 19.4 Å². The molecule has 0 aliphatic rings. The van der Waals surface area contributed by atoms with Gasteiger partial charge in [0.2, 0.25) is 17.5 Å². The van der Waals surface area contributed by atoms with Crippen molar-refractivity contribution in [3.8, 4) is 11.6 Å². The van der Waals surface area contributed by atoms with E-state index in [-0.39, 0.29) is 23.9 Å². The van der Waals surface area contributed by atoms with Crippen LogP contribution in [0.1, 0.15) is 23.9 Å². The van der Waals surface area contributed by atoms with Gasteiger partial charge in [0.05, 0.1) is 11.8 Å². The number of hydrogen-bond acceptors (Lipinski definition) is 8. The summed E-state index contributed by atoms with van der Waals surface area (Å²) in [5, 5.41) is 3.74. The van der Waals surface area contributed by atoms with Gasteiger partial charge in [0, 0.05) is 18.6 Å². The van der Waals surface area contributed by atoms with E-state index in [0.717, 1.165) is 11.8 Å². The lowest BCUT2D eigenvalue weighted by Gasteiger charge is -2.04. The van der Waals surface area contributed by atoms with E-state index in [9.17, 15) is 8.42 Å². The Bertz CT molecular complexity index is 680. The molecule has 0 aliphatic carbocycles. The Hall–Kier alpha value is -1.87. The SMILES string of the molecule is Cc1cnc(-c2noc(C(N)CCS(C)(=O)=O)n2)nc1. The smallest absolute Gasteiger partial charge is 0.244 e. The van der Waals surface area contributed by atoms with Crippen LogP contribution in [-0.2, 0) is 9.84 Å². The van der Waals surface area contributed by atoms with Crippen molar-refractivity contribution in [2.75, 3.05) is 12.0 Å². The highest BCUT2D eigenvalue weighted by molar-refractivity contribution is 7.90. The lowest BCUT2D eigenvalue weighted by molar-refractivity contribution is 0.352. The first-order chi connectivity index (χ1) is 9.35.